The molecule has 5 heteroatoms. The number of amides is 2. The van der Waals surface area contributed by atoms with E-state index < -0.39 is 0 Å². The molecule has 0 aromatic heterocycles. The summed E-state index contributed by atoms with van der Waals surface area (Å²) in [4.78, 5) is 26.9. The van der Waals surface area contributed by atoms with Crippen LogP contribution in [0.15, 0.2) is 0 Å². The van der Waals surface area contributed by atoms with Crippen molar-refractivity contribution in [3.63, 3.8) is 0 Å². The number of rotatable bonds is 2. The summed E-state index contributed by atoms with van der Waals surface area (Å²) in [7, 11) is 0. The summed E-state index contributed by atoms with van der Waals surface area (Å²) in [6.07, 6.45) is 0.603. The van der Waals surface area contributed by atoms with Crippen molar-refractivity contribution in [2.75, 3.05) is 26.2 Å². The van der Waals surface area contributed by atoms with Gasteiger partial charge in [-0.25, -0.2) is 0 Å². The Morgan fingerprint density at radius 1 is 1.50 bits per heavy atom. The zero-order valence-corrected chi connectivity index (χ0v) is 9.56. The molecular formula is C11H18N2O3. The van der Waals surface area contributed by atoms with E-state index in [9.17, 15) is 14.7 Å². The van der Waals surface area contributed by atoms with Crippen LogP contribution in [0.5, 0.6) is 0 Å². The Bertz CT molecular complexity index is 306. The van der Waals surface area contributed by atoms with Gasteiger partial charge in [0.05, 0.1) is 12.0 Å². The van der Waals surface area contributed by atoms with Crippen LogP contribution in [0.1, 0.15) is 19.8 Å². The lowest BCUT2D eigenvalue weighted by molar-refractivity contribution is -0.135. The molecule has 2 amide bonds. The highest BCUT2D eigenvalue weighted by molar-refractivity contribution is 5.89. The van der Waals surface area contributed by atoms with Gasteiger partial charge >= 0.3 is 0 Å². The Morgan fingerprint density at radius 2 is 2.25 bits per heavy atom. The molecule has 2 unspecified atom stereocenters. The molecule has 0 aromatic rings. The molecule has 0 aromatic carbocycles. The molecule has 2 fully saturated rings. The highest BCUT2D eigenvalue weighted by Gasteiger charge is 2.37. The van der Waals surface area contributed by atoms with Gasteiger partial charge in [-0.1, -0.05) is 0 Å². The third kappa shape index (κ3) is 2.04. The third-order valence-electron chi connectivity index (χ3n) is 3.42. The summed E-state index contributed by atoms with van der Waals surface area (Å²) in [6.45, 7) is 4.18. The zero-order valence-electron chi connectivity index (χ0n) is 9.56. The van der Waals surface area contributed by atoms with E-state index in [1.807, 2.05) is 6.92 Å². The fraction of sp³-hybridized carbons (Fsp3) is 0.818. The number of aliphatic hydroxyl groups is 1. The molecule has 0 aliphatic carbocycles. The number of carbonyl (C=O) groups is 2. The predicted molar refractivity (Wildman–Crippen MR) is 57.6 cm³/mol. The summed E-state index contributed by atoms with van der Waals surface area (Å²) in [5.41, 5.74) is 0. The van der Waals surface area contributed by atoms with E-state index in [1.165, 1.54) is 0 Å². The van der Waals surface area contributed by atoms with Gasteiger partial charge in [0.25, 0.3) is 0 Å². The molecule has 16 heavy (non-hydrogen) atoms. The molecule has 5 nitrogen and oxygen atoms in total. The van der Waals surface area contributed by atoms with Gasteiger partial charge in [0.1, 0.15) is 0 Å². The lowest BCUT2D eigenvalue weighted by Crippen LogP contribution is -2.36. The van der Waals surface area contributed by atoms with Crippen molar-refractivity contribution in [1.29, 1.82) is 0 Å². The van der Waals surface area contributed by atoms with Crippen molar-refractivity contribution in [2.45, 2.75) is 25.9 Å². The molecule has 90 valence electrons. The SMILES string of the molecule is CCN1CC(C(=O)N2CCC(O)C2)CC1=O. The van der Waals surface area contributed by atoms with Gasteiger partial charge in [0, 0.05) is 32.6 Å². The second-order valence-electron chi connectivity index (χ2n) is 4.56. The standard InChI is InChI=1S/C11H18N2O3/c1-2-12-6-8(5-10(12)15)11(16)13-4-3-9(14)7-13/h8-9,14H,2-7H2,1H3. The van der Waals surface area contributed by atoms with E-state index in [2.05, 4.69) is 0 Å². The van der Waals surface area contributed by atoms with Crippen LogP contribution in [0.2, 0.25) is 0 Å². The Kier molecular flexibility index (Phi) is 3.14. The second kappa shape index (κ2) is 4.41. The van der Waals surface area contributed by atoms with Crippen molar-refractivity contribution >= 4 is 11.8 Å². The van der Waals surface area contributed by atoms with Gasteiger partial charge in [-0.05, 0) is 13.3 Å². The van der Waals surface area contributed by atoms with E-state index in [0.29, 0.717) is 39.0 Å². The molecular weight excluding hydrogens is 208 g/mol. The predicted octanol–water partition coefficient (Wildman–Crippen LogP) is -0.552. The number of β-amino-alcohol motifs (C(OH)–C–C–N with tert-alkyl or cyclic N) is 1. The van der Waals surface area contributed by atoms with E-state index >= 15 is 0 Å². The quantitative estimate of drug-likeness (QED) is 0.687. The molecule has 1 N–H and O–H groups in total. The molecule has 2 heterocycles. The van der Waals surface area contributed by atoms with E-state index in [-0.39, 0.29) is 23.8 Å². The number of hydrogen-bond donors (Lipinski definition) is 1. The second-order valence-corrected chi connectivity index (χ2v) is 4.56. The third-order valence-corrected chi connectivity index (χ3v) is 3.42. The van der Waals surface area contributed by atoms with E-state index in [4.69, 9.17) is 0 Å². The van der Waals surface area contributed by atoms with Gasteiger partial charge in [-0.3, -0.25) is 9.59 Å². The van der Waals surface area contributed by atoms with Crippen molar-refractivity contribution in [1.82, 2.24) is 9.80 Å². The topological polar surface area (TPSA) is 60.9 Å². The monoisotopic (exact) mass is 226 g/mol. The fourth-order valence-electron chi connectivity index (χ4n) is 2.44. The van der Waals surface area contributed by atoms with Gasteiger partial charge in [0.15, 0.2) is 0 Å². The van der Waals surface area contributed by atoms with Crippen molar-refractivity contribution < 1.29 is 14.7 Å². The first kappa shape index (κ1) is 11.4. The largest absolute Gasteiger partial charge is 0.391 e. The Morgan fingerprint density at radius 3 is 2.75 bits per heavy atom. The lowest BCUT2D eigenvalue weighted by Gasteiger charge is -2.20. The molecule has 0 saturated carbocycles. The minimum absolute atomic E-state index is 0.0286. The first-order valence-corrected chi connectivity index (χ1v) is 5.86. The molecule has 0 radical (unpaired) electrons. The molecule has 2 aliphatic heterocycles. The molecule has 2 atom stereocenters. The van der Waals surface area contributed by atoms with Crippen LogP contribution in [-0.4, -0.2) is 59.0 Å². The number of aliphatic hydroxyl groups excluding tert-OH is 1. The highest BCUT2D eigenvalue weighted by atomic mass is 16.3. The maximum absolute atomic E-state index is 12.0. The average Bonchev–Trinajstić information content (AvgIpc) is 2.83. The fourth-order valence-corrected chi connectivity index (χ4v) is 2.44. The van der Waals surface area contributed by atoms with Gasteiger partial charge in [-0.2, -0.15) is 0 Å². The maximum Gasteiger partial charge on any atom is 0.228 e. The smallest absolute Gasteiger partial charge is 0.228 e. The van der Waals surface area contributed by atoms with Crippen LogP contribution >= 0.6 is 0 Å². The zero-order chi connectivity index (χ0) is 11.7. The first-order valence-electron chi connectivity index (χ1n) is 5.86. The summed E-state index contributed by atoms with van der Waals surface area (Å²) >= 11 is 0. The number of nitrogens with zero attached hydrogens (tertiary/aromatic N) is 2. The average molecular weight is 226 g/mol. The maximum atomic E-state index is 12.0. The van der Waals surface area contributed by atoms with Crippen LogP contribution in [0.4, 0.5) is 0 Å². The summed E-state index contributed by atoms with van der Waals surface area (Å²) in [6, 6.07) is 0. The number of carbonyl (C=O) groups excluding carboxylic acids is 2. The number of hydrogen-bond acceptors (Lipinski definition) is 3. The molecule has 0 spiro atoms. The van der Waals surface area contributed by atoms with Crippen molar-refractivity contribution in [3.8, 4) is 0 Å². The minimum Gasteiger partial charge on any atom is -0.391 e. The Balaban J connectivity index is 1.94. The molecule has 2 rings (SSSR count). The van der Waals surface area contributed by atoms with Crippen molar-refractivity contribution in [2.24, 2.45) is 5.92 Å². The van der Waals surface area contributed by atoms with E-state index in [0.717, 1.165) is 0 Å². The van der Waals surface area contributed by atoms with Gasteiger partial charge < -0.3 is 14.9 Å². The molecule has 2 saturated heterocycles. The number of likely N-dealkylation sites (tertiary alicyclic amines) is 2. The first-order chi connectivity index (χ1) is 7.61. The van der Waals surface area contributed by atoms with Crippen LogP contribution in [0, 0.1) is 5.92 Å². The Labute approximate surface area is 95.0 Å². The summed E-state index contributed by atoms with van der Waals surface area (Å²) in [5, 5.41) is 9.37. The normalized spacial score (nSPS) is 30.2. The van der Waals surface area contributed by atoms with Crippen LogP contribution in [0.25, 0.3) is 0 Å². The van der Waals surface area contributed by atoms with E-state index in [1.54, 1.807) is 9.80 Å². The highest BCUT2D eigenvalue weighted by Crippen LogP contribution is 2.22. The van der Waals surface area contributed by atoms with Crippen LogP contribution in [0.3, 0.4) is 0 Å². The van der Waals surface area contributed by atoms with Gasteiger partial charge in [-0.15, -0.1) is 0 Å². The summed E-state index contributed by atoms with van der Waals surface area (Å²) in [5.74, 6) is -0.0980. The van der Waals surface area contributed by atoms with Crippen LogP contribution in [-0.2, 0) is 9.59 Å². The van der Waals surface area contributed by atoms with Crippen molar-refractivity contribution in [3.05, 3.63) is 0 Å². The molecule has 0 bridgehead atoms. The van der Waals surface area contributed by atoms with Crippen LogP contribution < -0.4 is 0 Å². The molecule has 2 aliphatic rings. The van der Waals surface area contributed by atoms with Gasteiger partial charge in [0.2, 0.25) is 11.8 Å². The lowest BCUT2D eigenvalue weighted by atomic mass is 10.1. The Hall–Kier alpha value is -1.10. The summed E-state index contributed by atoms with van der Waals surface area (Å²) < 4.78 is 0. The minimum atomic E-state index is -0.386.